The summed E-state index contributed by atoms with van der Waals surface area (Å²) in [7, 11) is 1.51. The van der Waals surface area contributed by atoms with Gasteiger partial charge in [0.05, 0.1) is 25.6 Å². The van der Waals surface area contributed by atoms with E-state index in [0.29, 0.717) is 19.3 Å². The lowest BCUT2D eigenvalue weighted by molar-refractivity contribution is 0.0545. The zero-order valence-electron chi connectivity index (χ0n) is 10.4. The van der Waals surface area contributed by atoms with E-state index >= 15 is 0 Å². The van der Waals surface area contributed by atoms with E-state index in [-0.39, 0.29) is 19.0 Å². The Morgan fingerprint density at radius 1 is 1.05 bits per heavy atom. The van der Waals surface area contributed by atoms with Crippen molar-refractivity contribution >= 4 is 12.4 Å². The zero-order chi connectivity index (χ0) is 14.3. The fourth-order valence-electron chi connectivity index (χ4n) is 1.36. The fraction of sp³-hybridized carbons (Fsp3) is 0.455. The van der Waals surface area contributed by atoms with E-state index in [2.05, 4.69) is 0 Å². The van der Waals surface area contributed by atoms with Crippen LogP contribution >= 0.6 is 0 Å². The minimum atomic E-state index is -5.31. The van der Waals surface area contributed by atoms with Gasteiger partial charge >= 0.3 is 6.98 Å². The summed E-state index contributed by atoms with van der Waals surface area (Å²) in [5, 5.41) is 0. The molecule has 0 radical (unpaired) electrons. The van der Waals surface area contributed by atoms with Gasteiger partial charge in [-0.3, -0.25) is 0 Å². The highest BCUT2D eigenvalue weighted by molar-refractivity contribution is 6.74. The van der Waals surface area contributed by atoms with Crippen molar-refractivity contribution in [3.8, 4) is 5.75 Å². The van der Waals surface area contributed by atoms with Gasteiger partial charge < -0.3 is 27.2 Å². The topological polar surface area (TPSA) is 27.7 Å². The Hall–Kier alpha value is -1.28. The number of methoxy groups -OCH3 is 1. The van der Waals surface area contributed by atoms with Crippen LogP contribution in [-0.4, -0.2) is 40.5 Å². The maximum absolute atomic E-state index is 12.8. The van der Waals surface area contributed by atoms with Crippen LogP contribution in [0.4, 0.5) is 17.3 Å². The number of hydrogen-bond acceptors (Lipinski definition) is 3. The van der Waals surface area contributed by atoms with Crippen LogP contribution in [0.1, 0.15) is 0 Å². The molecule has 1 aromatic rings. The Morgan fingerprint density at radius 2 is 1.74 bits per heavy atom. The summed E-state index contributed by atoms with van der Waals surface area (Å²) < 4.78 is 65.6. The summed E-state index contributed by atoms with van der Waals surface area (Å²) in [6.45, 7) is -4.50. The smallest absolute Gasteiger partial charge is 0.494 e. The van der Waals surface area contributed by atoms with E-state index in [1.54, 1.807) is 0 Å². The molecule has 0 aliphatic rings. The molecule has 1 aromatic carbocycles. The number of rotatable bonds is 8. The molecule has 0 bridgehead atoms. The number of halogens is 4. The Balaban J connectivity index is 2.54. The average molecular weight is 281 g/mol. The second kappa shape index (κ2) is 7.35. The van der Waals surface area contributed by atoms with Crippen molar-refractivity contribution in [2.24, 2.45) is 0 Å². The predicted octanol–water partition coefficient (Wildman–Crippen LogP) is 1.92. The van der Waals surface area contributed by atoms with Crippen molar-refractivity contribution < 1.29 is 31.5 Å². The van der Waals surface area contributed by atoms with E-state index in [1.165, 1.54) is 7.11 Å². The van der Waals surface area contributed by atoms with Gasteiger partial charge in [0, 0.05) is 7.11 Å². The Bertz CT molecular complexity index is 398. The first-order valence-electron chi connectivity index (χ1n) is 5.64. The standard InChI is InChI=1S/C11H14BF4O3/c1-17-4-5-18-6-7-19-11-3-2-9(13)8-10(11)12(14,15)16/h2-3,8H,4-7H2,1H3/q-1. The third-order valence-electron chi connectivity index (χ3n) is 2.24. The highest BCUT2D eigenvalue weighted by Gasteiger charge is 2.29. The van der Waals surface area contributed by atoms with Gasteiger partial charge in [0.1, 0.15) is 12.4 Å². The SMILES string of the molecule is COCCOCCOc1ccc(F)cc1[B-](F)(F)F. The van der Waals surface area contributed by atoms with Crippen molar-refractivity contribution in [1.29, 1.82) is 0 Å². The summed E-state index contributed by atoms with van der Waals surface area (Å²) in [6.07, 6.45) is 0. The van der Waals surface area contributed by atoms with Crippen molar-refractivity contribution in [2.75, 3.05) is 33.5 Å². The van der Waals surface area contributed by atoms with Crippen LogP contribution in [0.2, 0.25) is 0 Å². The van der Waals surface area contributed by atoms with E-state index in [1.807, 2.05) is 0 Å². The van der Waals surface area contributed by atoms with E-state index in [0.717, 1.165) is 12.1 Å². The van der Waals surface area contributed by atoms with Gasteiger partial charge in [-0.15, -0.1) is 0 Å². The lowest BCUT2D eigenvalue weighted by atomic mass is 9.79. The molecule has 0 N–H and O–H groups in total. The third kappa shape index (κ3) is 5.48. The lowest BCUT2D eigenvalue weighted by Crippen LogP contribution is -2.36. The summed E-state index contributed by atoms with van der Waals surface area (Å²) >= 11 is 0. The molecule has 0 fully saturated rings. The molecule has 0 atom stereocenters. The van der Waals surface area contributed by atoms with Crippen LogP contribution in [-0.2, 0) is 9.47 Å². The molecule has 0 aliphatic carbocycles. The normalized spacial score (nSPS) is 11.6. The molecular formula is C11H14BF4O3-. The number of hydrogen-bond donors (Lipinski definition) is 0. The Kier molecular flexibility index (Phi) is 6.10. The van der Waals surface area contributed by atoms with Crippen molar-refractivity contribution in [3.05, 3.63) is 24.0 Å². The predicted molar refractivity (Wildman–Crippen MR) is 63.3 cm³/mol. The Morgan fingerprint density at radius 3 is 2.37 bits per heavy atom. The summed E-state index contributed by atoms with van der Waals surface area (Å²) in [4.78, 5) is 0. The molecule has 0 saturated heterocycles. The monoisotopic (exact) mass is 281 g/mol. The Labute approximate surface area is 108 Å². The van der Waals surface area contributed by atoms with Gasteiger partial charge in [0.2, 0.25) is 0 Å². The van der Waals surface area contributed by atoms with Gasteiger partial charge in [-0.1, -0.05) is 5.46 Å². The van der Waals surface area contributed by atoms with Gasteiger partial charge in [0.15, 0.2) is 0 Å². The van der Waals surface area contributed by atoms with E-state index < -0.39 is 18.3 Å². The first-order valence-corrected chi connectivity index (χ1v) is 5.64. The van der Waals surface area contributed by atoms with Gasteiger partial charge in [-0.25, -0.2) is 4.39 Å². The van der Waals surface area contributed by atoms with Crippen LogP contribution in [0.3, 0.4) is 0 Å². The number of ether oxygens (including phenoxy) is 3. The number of benzene rings is 1. The average Bonchev–Trinajstić information content (AvgIpc) is 2.34. The highest BCUT2D eigenvalue weighted by atomic mass is 19.4. The molecule has 108 valence electrons. The molecule has 0 spiro atoms. The van der Waals surface area contributed by atoms with Crippen molar-refractivity contribution in [3.63, 3.8) is 0 Å². The molecule has 0 aromatic heterocycles. The maximum Gasteiger partial charge on any atom is 0.513 e. The molecular weight excluding hydrogens is 267 g/mol. The minimum absolute atomic E-state index is 0.0471. The maximum atomic E-state index is 12.8. The lowest BCUT2D eigenvalue weighted by Gasteiger charge is -2.19. The van der Waals surface area contributed by atoms with Crippen molar-refractivity contribution in [1.82, 2.24) is 0 Å². The van der Waals surface area contributed by atoms with E-state index in [4.69, 9.17) is 14.2 Å². The highest BCUT2D eigenvalue weighted by Crippen LogP contribution is 2.18. The summed E-state index contributed by atoms with van der Waals surface area (Å²) in [6, 6.07) is 2.32. The van der Waals surface area contributed by atoms with Gasteiger partial charge in [-0.05, 0) is 18.2 Å². The van der Waals surface area contributed by atoms with Crippen LogP contribution in [0, 0.1) is 5.82 Å². The third-order valence-corrected chi connectivity index (χ3v) is 2.24. The van der Waals surface area contributed by atoms with Crippen molar-refractivity contribution in [2.45, 2.75) is 0 Å². The van der Waals surface area contributed by atoms with Crippen LogP contribution in [0.25, 0.3) is 0 Å². The fourth-order valence-corrected chi connectivity index (χ4v) is 1.36. The second-order valence-corrected chi connectivity index (χ2v) is 3.71. The molecule has 1 rings (SSSR count). The van der Waals surface area contributed by atoms with Crippen LogP contribution in [0.5, 0.6) is 5.75 Å². The summed E-state index contributed by atoms with van der Waals surface area (Å²) in [5.41, 5.74) is -1.07. The second-order valence-electron chi connectivity index (χ2n) is 3.71. The van der Waals surface area contributed by atoms with Gasteiger partial charge in [0.25, 0.3) is 0 Å². The van der Waals surface area contributed by atoms with Crippen LogP contribution < -0.4 is 10.2 Å². The molecule has 0 unspecified atom stereocenters. The largest absolute Gasteiger partial charge is 0.513 e. The van der Waals surface area contributed by atoms with Crippen LogP contribution in [0.15, 0.2) is 18.2 Å². The summed E-state index contributed by atoms with van der Waals surface area (Å²) in [5.74, 6) is -1.33. The molecule has 3 nitrogen and oxygen atoms in total. The molecule has 0 aliphatic heterocycles. The molecule has 0 amide bonds. The molecule has 8 heteroatoms. The molecule has 0 heterocycles. The minimum Gasteiger partial charge on any atom is -0.494 e. The first kappa shape index (κ1) is 15.8. The first-order chi connectivity index (χ1) is 8.95. The quantitative estimate of drug-likeness (QED) is 0.414. The molecule has 0 saturated carbocycles. The van der Waals surface area contributed by atoms with Gasteiger partial charge in [-0.2, -0.15) is 0 Å². The van der Waals surface area contributed by atoms with E-state index in [9.17, 15) is 17.3 Å². The zero-order valence-corrected chi connectivity index (χ0v) is 10.4. The molecule has 19 heavy (non-hydrogen) atoms.